The SMILES string of the molecule is C/C=C(\C=C/CC)[C@@H](C)OC. The molecule has 1 nitrogen and oxygen atoms in total. The summed E-state index contributed by atoms with van der Waals surface area (Å²) in [6.45, 7) is 6.21. The van der Waals surface area contributed by atoms with E-state index in [-0.39, 0.29) is 6.10 Å². The van der Waals surface area contributed by atoms with Gasteiger partial charge in [0, 0.05) is 7.11 Å². The first kappa shape index (κ1) is 10.4. The molecule has 1 atom stereocenters. The Balaban J connectivity index is 4.07. The highest BCUT2D eigenvalue weighted by molar-refractivity contribution is 5.21. The van der Waals surface area contributed by atoms with Crippen LogP contribution in [0.1, 0.15) is 27.2 Å². The van der Waals surface area contributed by atoms with Crippen molar-refractivity contribution in [2.24, 2.45) is 0 Å². The van der Waals surface area contributed by atoms with E-state index in [2.05, 4.69) is 32.1 Å². The zero-order valence-corrected chi connectivity index (χ0v) is 7.92. The van der Waals surface area contributed by atoms with Gasteiger partial charge in [-0.3, -0.25) is 0 Å². The van der Waals surface area contributed by atoms with Crippen molar-refractivity contribution in [3.05, 3.63) is 23.8 Å². The van der Waals surface area contributed by atoms with Crippen LogP contribution in [-0.2, 0) is 4.74 Å². The average molecular weight is 154 g/mol. The van der Waals surface area contributed by atoms with Crippen molar-refractivity contribution < 1.29 is 4.74 Å². The molecule has 0 aliphatic carbocycles. The molecule has 0 heterocycles. The summed E-state index contributed by atoms with van der Waals surface area (Å²) in [5.41, 5.74) is 1.24. The summed E-state index contributed by atoms with van der Waals surface area (Å²) in [6, 6.07) is 0. The topological polar surface area (TPSA) is 9.23 Å². The van der Waals surface area contributed by atoms with Gasteiger partial charge in [-0.05, 0) is 25.8 Å². The van der Waals surface area contributed by atoms with Crippen LogP contribution in [0.2, 0.25) is 0 Å². The van der Waals surface area contributed by atoms with E-state index in [9.17, 15) is 0 Å². The predicted molar refractivity (Wildman–Crippen MR) is 49.7 cm³/mol. The molecular formula is C10H18O. The molecule has 11 heavy (non-hydrogen) atoms. The standard InChI is InChI=1S/C10H18O/c1-5-7-8-10(6-2)9(3)11-4/h6-9H,5H2,1-4H3/b8-7-,10-6+/t9-/m1/s1. The monoisotopic (exact) mass is 154 g/mol. The molecule has 0 rings (SSSR count). The summed E-state index contributed by atoms with van der Waals surface area (Å²) >= 11 is 0. The largest absolute Gasteiger partial charge is 0.377 e. The van der Waals surface area contributed by atoms with Gasteiger partial charge < -0.3 is 4.74 Å². The third-order valence-electron chi connectivity index (χ3n) is 1.70. The molecule has 0 aromatic rings. The number of allylic oxidation sites excluding steroid dienone is 2. The van der Waals surface area contributed by atoms with E-state index < -0.39 is 0 Å². The molecule has 0 aliphatic rings. The van der Waals surface area contributed by atoms with Crippen molar-refractivity contribution in [2.75, 3.05) is 7.11 Å². The first-order valence-corrected chi connectivity index (χ1v) is 4.11. The minimum Gasteiger partial charge on any atom is -0.377 e. The first-order chi connectivity index (χ1) is 5.26. The van der Waals surface area contributed by atoms with E-state index in [1.807, 2.05) is 6.92 Å². The zero-order valence-electron chi connectivity index (χ0n) is 7.92. The van der Waals surface area contributed by atoms with Gasteiger partial charge in [-0.15, -0.1) is 0 Å². The van der Waals surface area contributed by atoms with Crippen molar-refractivity contribution in [3.63, 3.8) is 0 Å². The summed E-state index contributed by atoms with van der Waals surface area (Å²) in [5, 5.41) is 0. The van der Waals surface area contributed by atoms with Gasteiger partial charge in [0.2, 0.25) is 0 Å². The Bertz CT molecular complexity index is 145. The lowest BCUT2D eigenvalue weighted by Crippen LogP contribution is -2.06. The Hall–Kier alpha value is -0.560. The molecule has 1 heteroatoms. The summed E-state index contributed by atoms with van der Waals surface area (Å²) in [6.07, 6.45) is 7.63. The quantitative estimate of drug-likeness (QED) is 0.566. The molecule has 0 aromatic carbocycles. The second-order valence-electron chi connectivity index (χ2n) is 2.48. The maximum Gasteiger partial charge on any atom is 0.0789 e. The average Bonchev–Trinajstić information content (AvgIpc) is 2.05. The van der Waals surface area contributed by atoms with Gasteiger partial charge in [-0.25, -0.2) is 0 Å². The molecule has 0 N–H and O–H groups in total. The maximum absolute atomic E-state index is 5.18. The molecule has 0 aromatic heterocycles. The normalized spacial score (nSPS) is 15.8. The fourth-order valence-corrected chi connectivity index (χ4v) is 0.856. The molecular weight excluding hydrogens is 136 g/mol. The third-order valence-corrected chi connectivity index (χ3v) is 1.70. The van der Waals surface area contributed by atoms with Crippen LogP contribution in [0.15, 0.2) is 23.8 Å². The van der Waals surface area contributed by atoms with Crippen LogP contribution in [0.25, 0.3) is 0 Å². The number of hydrogen-bond acceptors (Lipinski definition) is 1. The van der Waals surface area contributed by atoms with E-state index in [1.165, 1.54) is 5.57 Å². The van der Waals surface area contributed by atoms with E-state index in [1.54, 1.807) is 7.11 Å². The van der Waals surface area contributed by atoms with Crippen LogP contribution in [0.3, 0.4) is 0 Å². The molecule has 0 amide bonds. The van der Waals surface area contributed by atoms with Crippen LogP contribution < -0.4 is 0 Å². The molecule has 0 spiro atoms. The fraction of sp³-hybridized carbons (Fsp3) is 0.600. The van der Waals surface area contributed by atoms with E-state index >= 15 is 0 Å². The Labute approximate surface area is 69.8 Å². The molecule has 0 saturated heterocycles. The van der Waals surface area contributed by atoms with Crippen molar-refractivity contribution in [3.8, 4) is 0 Å². The van der Waals surface area contributed by atoms with Gasteiger partial charge in [-0.1, -0.05) is 25.2 Å². The van der Waals surface area contributed by atoms with Crippen molar-refractivity contribution in [1.29, 1.82) is 0 Å². The second-order valence-corrected chi connectivity index (χ2v) is 2.48. The van der Waals surface area contributed by atoms with Crippen LogP contribution in [0.5, 0.6) is 0 Å². The molecule has 0 saturated carbocycles. The zero-order chi connectivity index (χ0) is 8.69. The van der Waals surface area contributed by atoms with Gasteiger partial charge in [0.05, 0.1) is 6.10 Å². The van der Waals surface area contributed by atoms with Gasteiger partial charge in [0.15, 0.2) is 0 Å². The van der Waals surface area contributed by atoms with Gasteiger partial charge in [0.1, 0.15) is 0 Å². The Kier molecular flexibility index (Phi) is 5.86. The fourth-order valence-electron chi connectivity index (χ4n) is 0.856. The summed E-state index contributed by atoms with van der Waals surface area (Å²) in [4.78, 5) is 0. The van der Waals surface area contributed by atoms with E-state index in [0.717, 1.165) is 6.42 Å². The van der Waals surface area contributed by atoms with E-state index in [0.29, 0.717) is 0 Å². The number of rotatable bonds is 4. The highest BCUT2D eigenvalue weighted by atomic mass is 16.5. The van der Waals surface area contributed by atoms with Crippen LogP contribution in [0.4, 0.5) is 0 Å². The molecule has 0 bridgehead atoms. The van der Waals surface area contributed by atoms with Gasteiger partial charge >= 0.3 is 0 Å². The Morgan fingerprint density at radius 3 is 2.55 bits per heavy atom. The molecule has 64 valence electrons. The van der Waals surface area contributed by atoms with Gasteiger partial charge in [-0.2, -0.15) is 0 Å². The predicted octanol–water partition coefficient (Wildman–Crippen LogP) is 2.93. The first-order valence-electron chi connectivity index (χ1n) is 4.11. The van der Waals surface area contributed by atoms with E-state index in [4.69, 9.17) is 4.74 Å². The van der Waals surface area contributed by atoms with Crippen molar-refractivity contribution >= 4 is 0 Å². The summed E-state index contributed by atoms with van der Waals surface area (Å²) in [5.74, 6) is 0. The second kappa shape index (κ2) is 6.17. The number of methoxy groups -OCH3 is 1. The minimum atomic E-state index is 0.211. The molecule has 0 fully saturated rings. The minimum absolute atomic E-state index is 0.211. The Morgan fingerprint density at radius 1 is 1.55 bits per heavy atom. The van der Waals surface area contributed by atoms with Crippen LogP contribution in [-0.4, -0.2) is 13.2 Å². The maximum atomic E-state index is 5.18. The molecule has 0 aliphatic heterocycles. The number of ether oxygens (including phenoxy) is 1. The smallest absolute Gasteiger partial charge is 0.0789 e. The number of hydrogen-bond donors (Lipinski definition) is 0. The molecule has 0 radical (unpaired) electrons. The highest BCUT2D eigenvalue weighted by Gasteiger charge is 2.00. The highest BCUT2D eigenvalue weighted by Crippen LogP contribution is 2.07. The van der Waals surface area contributed by atoms with Crippen molar-refractivity contribution in [1.82, 2.24) is 0 Å². The van der Waals surface area contributed by atoms with Gasteiger partial charge in [0.25, 0.3) is 0 Å². The van der Waals surface area contributed by atoms with Crippen LogP contribution >= 0.6 is 0 Å². The summed E-state index contributed by atoms with van der Waals surface area (Å²) < 4.78 is 5.18. The molecule has 0 unspecified atom stereocenters. The lowest BCUT2D eigenvalue weighted by molar-refractivity contribution is 0.149. The van der Waals surface area contributed by atoms with Crippen LogP contribution in [0, 0.1) is 0 Å². The third kappa shape index (κ3) is 3.99. The lowest BCUT2D eigenvalue weighted by Gasteiger charge is -2.09. The lowest BCUT2D eigenvalue weighted by atomic mass is 10.1. The summed E-state index contributed by atoms with van der Waals surface area (Å²) in [7, 11) is 1.73. The Morgan fingerprint density at radius 2 is 2.18 bits per heavy atom. The van der Waals surface area contributed by atoms with Crippen molar-refractivity contribution in [2.45, 2.75) is 33.3 Å².